The summed E-state index contributed by atoms with van der Waals surface area (Å²) >= 11 is 0. The summed E-state index contributed by atoms with van der Waals surface area (Å²) in [6, 6.07) is 10.4. The predicted octanol–water partition coefficient (Wildman–Crippen LogP) is 2.64. The molecule has 5 atom stereocenters. The molecule has 2 aliphatic rings. The lowest BCUT2D eigenvalue weighted by Gasteiger charge is -2.39. The van der Waals surface area contributed by atoms with E-state index in [4.69, 9.17) is 9.47 Å². The molecule has 0 amide bonds. The van der Waals surface area contributed by atoms with E-state index in [1.807, 2.05) is 0 Å². The molecule has 2 aliphatic heterocycles. The molecule has 13 heteroatoms. The second-order valence-corrected chi connectivity index (χ2v) is 10.3. The van der Waals surface area contributed by atoms with Gasteiger partial charge in [0, 0.05) is 34.2 Å². The van der Waals surface area contributed by atoms with Gasteiger partial charge in [-0.05, 0) is 42.5 Å². The fraction of sp³-hybridized carbons (Fsp3) is 0.167. The Bertz CT molecular complexity index is 1750. The van der Waals surface area contributed by atoms with Crippen LogP contribution in [0.15, 0.2) is 54.6 Å². The van der Waals surface area contributed by atoms with Crippen molar-refractivity contribution in [3.05, 3.63) is 82.4 Å². The molecule has 4 aromatic rings. The highest BCUT2D eigenvalue weighted by Crippen LogP contribution is 2.54. The van der Waals surface area contributed by atoms with E-state index in [2.05, 4.69) is 0 Å². The largest absolute Gasteiger partial charge is 0.508 e. The first-order chi connectivity index (χ1) is 20.4. The Morgan fingerprint density at radius 3 is 1.74 bits per heavy atom. The number of Topliss-reactive ketones (excluding diaryl/α,β-unsaturated/α-hetero) is 1. The van der Waals surface area contributed by atoms with Crippen LogP contribution in [-0.4, -0.2) is 69.1 Å². The maximum atomic E-state index is 13.4. The average Bonchev–Trinajstić information content (AvgIpc) is 2.96. The van der Waals surface area contributed by atoms with Gasteiger partial charge in [0.15, 0.2) is 58.6 Å². The molecule has 0 aliphatic carbocycles. The van der Waals surface area contributed by atoms with E-state index in [9.17, 15) is 55.9 Å². The molecule has 0 saturated carbocycles. The summed E-state index contributed by atoms with van der Waals surface area (Å²) in [5.74, 6) is -7.57. The smallest absolute Gasteiger partial charge is 0.200 e. The summed E-state index contributed by atoms with van der Waals surface area (Å²) in [5, 5.41) is 104. The van der Waals surface area contributed by atoms with E-state index in [-0.39, 0.29) is 45.1 Å². The lowest BCUT2D eigenvalue weighted by Crippen LogP contribution is -2.39. The molecule has 222 valence electrons. The van der Waals surface area contributed by atoms with Crippen LogP contribution in [0.4, 0.5) is 0 Å². The van der Waals surface area contributed by atoms with Gasteiger partial charge in [-0.3, -0.25) is 4.79 Å². The van der Waals surface area contributed by atoms with Crippen LogP contribution in [0.3, 0.4) is 0 Å². The van der Waals surface area contributed by atoms with Crippen LogP contribution >= 0.6 is 0 Å². The van der Waals surface area contributed by atoms with Crippen molar-refractivity contribution in [2.75, 3.05) is 0 Å². The molecule has 0 spiro atoms. The van der Waals surface area contributed by atoms with E-state index in [1.54, 1.807) is 0 Å². The molecule has 0 bridgehead atoms. The number of hydrogen-bond donors (Lipinski definition) is 10. The first-order valence-corrected chi connectivity index (χ1v) is 12.8. The quantitative estimate of drug-likeness (QED) is 0.154. The van der Waals surface area contributed by atoms with Crippen molar-refractivity contribution in [3.63, 3.8) is 0 Å². The lowest BCUT2D eigenvalue weighted by molar-refractivity contribution is 0.00364. The molecule has 4 aromatic carbocycles. The van der Waals surface area contributed by atoms with E-state index in [1.165, 1.54) is 24.3 Å². The Kier molecular flexibility index (Phi) is 6.29. The van der Waals surface area contributed by atoms with E-state index in [0.717, 1.165) is 30.3 Å². The maximum absolute atomic E-state index is 13.4. The van der Waals surface area contributed by atoms with Gasteiger partial charge in [-0.25, -0.2) is 0 Å². The number of aromatic hydroxyl groups is 8. The number of phenols is 8. The molecule has 10 N–H and O–H groups in total. The number of phenolic OH excluding ortho intramolecular Hbond substituents is 8. The highest BCUT2D eigenvalue weighted by atomic mass is 16.5. The zero-order valence-corrected chi connectivity index (χ0v) is 21.8. The van der Waals surface area contributed by atoms with Gasteiger partial charge in [0.2, 0.25) is 0 Å². The van der Waals surface area contributed by atoms with E-state index < -0.39 is 76.4 Å². The zero-order chi connectivity index (χ0) is 30.9. The Balaban J connectivity index is 1.54. The number of aliphatic hydroxyl groups is 2. The molecule has 0 fully saturated rings. The van der Waals surface area contributed by atoms with Gasteiger partial charge >= 0.3 is 0 Å². The van der Waals surface area contributed by atoms with Crippen molar-refractivity contribution in [2.45, 2.75) is 30.3 Å². The van der Waals surface area contributed by atoms with Crippen LogP contribution in [0.5, 0.6) is 57.5 Å². The fourth-order valence-electron chi connectivity index (χ4n) is 5.57. The number of aliphatic hydroxyl groups excluding tert-OH is 2. The second-order valence-electron chi connectivity index (χ2n) is 10.3. The lowest BCUT2D eigenvalue weighted by atomic mass is 9.78. The summed E-state index contributed by atoms with van der Waals surface area (Å²) in [6.07, 6.45) is -6.38. The minimum Gasteiger partial charge on any atom is -0.508 e. The van der Waals surface area contributed by atoms with E-state index >= 15 is 0 Å². The van der Waals surface area contributed by atoms with Crippen molar-refractivity contribution >= 4 is 5.78 Å². The first-order valence-electron chi connectivity index (χ1n) is 12.8. The number of ether oxygens (including phenoxy) is 2. The van der Waals surface area contributed by atoms with Crippen LogP contribution in [-0.2, 0) is 0 Å². The number of carbonyl (C=O) groups is 1. The van der Waals surface area contributed by atoms with Gasteiger partial charge in [-0.1, -0.05) is 6.07 Å². The minimum atomic E-state index is -1.84. The summed E-state index contributed by atoms with van der Waals surface area (Å²) in [4.78, 5) is 13.4. The van der Waals surface area contributed by atoms with Crippen molar-refractivity contribution in [3.8, 4) is 57.5 Å². The molecule has 2 heterocycles. The molecule has 43 heavy (non-hydrogen) atoms. The third-order valence-electron chi connectivity index (χ3n) is 7.63. The molecular formula is C30H24O13. The first kappa shape index (κ1) is 27.6. The molecule has 0 aromatic heterocycles. The van der Waals surface area contributed by atoms with Gasteiger partial charge < -0.3 is 60.5 Å². The van der Waals surface area contributed by atoms with Crippen molar-refractivity contribution in [1.29, 1.82) is 0 Å². The second kappa shape index (κ2) is 9.79. The van der Waals surface area contributed by atoms with Crippen LogP contribution < -0.4 is 9.47 Å². The highest BCUT2D eigenvalue weighted by molar-refractivity contribution is 6.04. The predicted molar refractivity (Wildman–Crippen MR) is 144 cm³/mol. The van der Waals surface area contributed by atoms with Crippen molar-refractivity contribution in [1.82, 2.24) is 0 Å². The van der Waals surface area contributed by atoms with Gasteiger partial charge in [-0.15, -0.1) is 0 Å². The Morgan fingerprint density at radius 2 is 1.16 bits per heavy atom. The number of rotatable bonds is 3. The van der Waals surface area contributed by atoms with Crippen LogP contribution in [0.2, 0.25) is 0 Å². The molecule has 0 saturated heterocycles. The molecular weight excluding hydrogens is 568 g/mol. The molecule has 6 rings (SSSR count). The fourth-order valence-corrected chi connectivity index (χ4v) is 5.57. The summed E-state index contributed by atoms with van der Waals surface area (Å²) in [7, 11) is 0. The van der Waals surface area contributed by atoms with Gasteiger partial charge in [-0.2, -0.15) is 0 Å². The van der Waals surface area contributed by atoms with Crippen molar-refractivity contribution < 1.29 is 65.3 Å². The normalized spacial score (nSPS) is 22.7. The molecule has 0 radical (unpaired) electrons. The SMILES string of the molecule is O=C1c2ccc(O)c([C@@H]3c4ccc(O)cc4O[C@H](c4cc(O)c(O)c(O)c4)[C@H]3O)c2O[C@H](c2cc(O)c(O)c(O)c2)[C@H]1O. The molecule has 0 unspecified atom stereocenters. The third kappa shape index (κ3) is 4.29. The zero-order valence-electron chi connectivity index (χ0n) is 21.8. The number of fused-ring (bicyclic) bond motifs is 2. The van der Waals surface area contributed by atoms with E-state index in [0.29, 0.717) is 0 Å². The standard InChI is InChI=1S/C30H24O13/c31-12-1-2-13-20(9-12)42-28(10-5-16(33)24(38)17(34)6-10)26(40)21(13)22-15(32)4-3-14-23(37)27(41)29(43-30(14)22)11-7-18(35)25(39)19(36)8-11/h1-9,21,26-29,31-36,38-41H/t21-,26-,27-,28+,29+/m0/s1. The number of ketones is 1. The van der Waals surface area contributed by atoms with Crippen LogP contribution in [0.25, 0.3) is 0 Å². The summed E-state index contributed by atoms with van der Waals surface area (Å²) in [5.41, 5.74) is -0.159. The van der Waals surface area contributed by atoms with Crippen molar-refractivity contribution in [2.24, 2.45) is 0 Å². The Hall–Kier alpha value is -5.53. The topological polar surface area (TPSA) is 238 Å². The Labute approximate surface area is 241 Å². The Morgan fingerprint density at radius 1 is 0.605 bits per heavy atom. The summed E-state index contributed by atoms with van der Waals surface area (Å²) in [6.45, 7) is 0. The molecule has 13 nitrogen and oxygen atoms in total. The highest BCUT2D eigenvalue weighted by Gasteiger charge is 2.46. The van der Waals surface area contributed by atoms with Crippen LogP contribution in [0.1, 0.15) is 50.7 Å². The average molecular weight is 593 g/mol. The van der Waals surface area contributed by atoms with Gasteiger partial charge in [0.1, 0.15) is 29.1 Å². The van der Waals surface area contributed by atoms with Crippen LogP contribution in [0, 0.1) is 0 Å². The van der Waals surface area contributed by atoms with Gasteiger partial charge in [0.25, 0.3) is 0 Å². The minimum absolute atomic E-state index is 0.00363. The maximum Gasteiger partial charge on any atom is 0.200 e. The number of benzene rings is 4. The number of carbonyl (C=O) groups excluding carboxylic acids is 1. The monoisotopic (exact) mass is 592 g/mol. The van der Waals surface area contributed by atoms with Gasteiger partial charge in [0.05, 0.1) is 5.56 Å². The summed E-state index contributed by atoms with van der Waals surface area (Å²) < 4.78 is 12.0. The number of hydrogen-bond acceptors (Lipinski definition) is 13. The third-order valence-corrected chi connectivity index (χ3v) is 7.63.